The van der Waals surface area contributed by atoms with E-state index in [1.165, 1.54) is 5.56 Å². The average Bonchev–Trinajstić information content (AvgIpc) is 3.36. The van der Waals surface area contributed by atoms with Crippen LogP contribution in [0.4, 0.5) is 0 Å². The Labute approximate surface area is 223 Å². The van der Waals surface area contributed by atoms with Crippen molar-refractivity contribution in [3.05, 3.63) is 89.5 Å². The van der Waals surface area contributed by atoms with Crippen LogP contribution in [0.25, 0.3) is 5.69 Å². The molecule has 1 N–H and O–H groups in total. The Morgan fingerprint density at radius 3 is 2.53 bits per heavy atom. The zero-order valence-corrected chi connectivity index (χ0v) is 22.2. The maximum absolute atomic E-state index is 6.24. The van der Waals surface area contributed by atoms with Crippen LogP contribution < -0.4 is 14.8 Å². The topological polar surface area (TPSA) is 74.1 Å². The second-order valence-electron chi connectivity index (χ2n) is 8.04. The molecule has 0 aliphatic carbocycles. The molecular weight excluding hydrogens is 494 g/mol. The van der Waals surface area contributed by atoms with Gasteiger partial charge in [-0.05, 0) is 61.0 Å². The number of tetrazole rings is 1. The third kappa shape index (κ3) is 7.71. The van der Waals surface area contributed by atoms with Crippen molar-refractivity contribution >= 4 is 24.2 Å². The van der Waals surface area contributed by atoms with Crippen molar-refractivity contribution in [3.8, 4) is 17.2 Å². The minimum atomic E-state index is 0. The molecule has 0 unspecified atom stereocenters. The zero-order chi connectivity index (χ0) is 24.3. The van der Waals surface area contributed by atoms with E-state index in [1.807, 2.05) is 49.4 Å². The van der Waals surface area contributed by atoms with Crippen LogP contribution in [-0.4, -0.2) is 39.1 Å². The fourth-order valence-electron chi connectivity index (χ4n) is 3.56. The molecule has 9 heteroatoms. The predicted octanol–water partition coefficient (Wildman–Crippen LogP) is 5.64. The number of halogens is 1. The molecule has 0 fully saturated rings. The third-order valence-electron chi connectivity index (χ3n) is 5.35. The van der Waals surface area contributed by atoms with Crippen molar-refractivity contribution in [2.24, 2.45) is 0 Å². The molecule has 0 bridgehead atoms. The Balaban J connectivity index is 0.00000361. The van der Waals surface area contributed by atoms with Crippen LogP contribution in [0.1, 0.15) is 30.0 Å². The van der Waals surface area contributed by atoms with Gasteiger partial charge in [-0.25, -0.2) is 0 Å². The van der Waals surface area contributed by atoms with E-state index in [0.29, 0.717) is 19.8 Å². The number of ether oxygens (including phenoxy) is 2. The smallest absolute Gasteiger partial charge is 0.214 e. The van der Waals surface area contributed by atoms with Gasteiger partial charge in [-0.1, -0.05) is 71.9 Å². The molecule has 3 aromatic carbocycles. The second-order valence-corrected chi connectivity index (χ2v) is 9.10. The first-order chi connectivity index (χ1) is 17.2. The predicted molar refractivity (Wildman–Crippen MR) is 147 cm³/mol. The first kappa shape index (κ1) is 27.5. The van der Waals surface area contributed by atoms with Crippen LogP contribution in [0.5, 0.6) is 11.5 Å². The lowest BCUT2D eigenvalue weighted by Gasteiger charge is -2.16. The van der Waals surface area contributed by atoms with Gasteiger partial charge in [0.25, 0.3) is 0 Å². The number of hydrogen-bond acceptors (Lipinski definition) is 7. The summed E-state index contributed by atoms with van der Waals surface area (Å²) in [5, 5.41) is 16.4. The quantitative estimate of drug-likeness (QED) is 0.179. The summed E-state index contributed by atoms with van der Waals surface area (Å²) in [6, 6.07) is 24.4. The minimum absolute atomic E-state index is 0. The summed E-state index contributed by atoms with van der Waals surface area (Å²) in [5.74, 6) is 2.50. The SMILES string of the molecule is CCOc1cccc(CNCCCSc2nnnn2-c2ccccc2)c1OCc1ccc(C)cc1.Cl. The highest BCUT2D eigenvalue weighted by Crippen LogP contribution is 2.32. The summed E-state index contributed by atoms with van der Waals surface area (Å²) in [4.78, 5) is 0. The van der Waals surface area contributed by atoms with E-state index in [9.17, 15) is 0 Å². The summed E-state index contributed by atoms with van der Waals surface area (Å²) < 4.78 is 13.8. The van der Waals surface area contributed by atoms with Gasteiger partial charge in [-0.2, -0.15) is 4.68 Å². The van der Waals surface area contributed by atoms with Crippen LogP contribution in [0.15, 0.2) is 78.0 Å². The van der Waals surface area contributed by atoms with Gasteiger partial charge in [-0.15, -0.1) is 17.5 Å². The van der Waals surface area contributed by atoms with E-state index in [4.69, 9.17) is 9.47 Å². The Bertz CT molecular complexity index is 1190. The molecule has 0 saturated carbocycles. The molecule has 0 aliphatic heterocycles. The number of nitrogens with one attached hydrogen (secondary N) is 1. The van der Waals surface area contributed by atoms with E-state index >= 15 is 0 Å². The maximum Gasteiger partial charge on any atom is 0.214 e. The lowest BCUT2D eigenvalue weighted by molar-refractivity contribution is 0.266. The molecular formula is C27H32ClN5O2S. The summed E-state index contributed by atoms with van der Waals surface area (Å²) in [6.45, 7) is 6.75. The van der Waals surface area contributed by atoms with Crippen molar-refractivity contribution < 1.29 is 9.47 Å². The van der Waals surface area contributed by atoms with E-state index in [0.717, 1.165) is 52.2 Å². The average molecular weight is 526 g/mol. The Kier molecular flexibility index (Phi) is 11.1. The number of thioether (sulfide) groups is 1. The number of rotatable bonds is 13. The molecule has 4 aromatic rings. The number of aryl methyl sites for hydroxylation is 1. The lowest BCUT2D eigenvalue weighted by atomic mass is 10.1. The highest BCUT2D eigenvalue weighted by molar-refractivity contribution is 7.99. The Morgan fingerprint density at radius 2 is 1.75 bits per heavy atom. The van der Waals surface area contributed by atoms with Crippen molar-refractivity contribution in [1.82, 2.24) is 25.5 Å². The highest BCUT2D eigenvalue weighted by Gasteiger charge is 2.12. The van der Waals surface area contributed by atoms with Crippen LogP contribution in [0.2, 0.25) is 0 Å². The number of nitrogens with zero attached hydrogens (tertiary/aromatic N) is 4. The highest BCUT2D eigenvalue weighted by atomic mass is 35.5. The van der Waals surface area contributed by atoms with Gasteiger partial charge in [0.2, 0.25) is 5.16 Å². The largest absolute Gasteiger partial charge is 0.490 e. The molecule has 1 aromatic heterocycles. The normalized spacial score (nSPS) is 10.6. The second kappa shape index (κ2) is 14.5. The number of hydrogen-bond donors (Lipinski definition) is 1. The van der Waals surface area contributed by atoms with Crippen LogP contribution >= 0.6 is 24.2 Å². The van der Waals surface area contributed by atoms with E-state index in [1.54, 1.807) is 16.4 Å². The molecule has 0 saturated heterocycles. The van der Waals surface area contributed by atoms with Crippen molar-refractivity contribution in [2.75, 3.05) is 18.9 Å². The van der Waals surface area contributed by atoms with E-state index in [-0.39, 0.29) is 12.4 Å². The molecule has 36 heavy (non-hydrogen) atoms. The first-order valence-corrected chi connectivity index (χ1v) is 12.8. The van der Waals surface area contributed by atoms with Gasteiger partial charge in [0.1, 0.15) is 6.61 Å². The van der Waals surface area contributed by atoms with Gasteiger partial charge in [0.05, 0.1) is 12.3 Å². The van der Waals surface area contributed by atoms with Crippen molar-refractivity contribution in [2.45, 2.75) is 38.6 Å². The maximum atomic E-state index is 6.24. The number of benzene rings is 3. The molecule has 0 radical (unpaired) electrons. The molecule has 0 spiro atoms. The number of aromatic nitrogens is 4. The third-order valence-corrected chi connectivity index (χ3v) is 6.36. The molecule has 4 rings (SSSR count). The summed E-state index contributed by atoms with van der Waals surface area (Å²) in [5.41, 5.74) is 4.42. The van der Waals surface area contributed by atoms with Crippen molar-refractivity contribution in [1.29, 1.82) is 0 Å². The molecule has 7 nitrogen and oxygen atoms in total. The van der Waals surface area contributed by atoms with Gasteiger partial charge in [0.15, 0.2) is 11.5 Å². The molecule has 0 amide bonds. The first-order valence-electron chi connectivity index (χ1n) is 11.8. The van der Waals surface area contributed by atoms with E-state index in [2.05, 4.69) is 58.1 Å². The Morgan fingerprint density at radius 1 is 0.944 bits per heavy atom. The molecule has 0 atom stereocenters. The Hall–Kier alpha value is -3.07. The van der Waals surface area contributed by atoms with Crippen LogP contribution in [0.3, 0.4) is 0 Å². The fraction of sp³-hybridized carbons (Fsp3) is 0.296. The zero-order valence-electron chi connectivity index (χ0n) is 20.6. The summed E-state index contributed by atoms with van der Waals surface area (Å²) >= 11 is 1.66. The van der Waals surface area contributed by atoms with Crippen molar-refractivity contribution in [3.63, 3.8) is 0 Å². The molecule has 0 aliphatic rings. The summed E-state index contributed by atoms with van der Waals surface area (Å²) in [7, 11) is 0. The van der Waals surface area contributed by atoms with E-state index < -0.39 is 0 Å². The monoisotopic (exact) mass is 525 g/mol. The number of para-hydroxylation sites is 2. The lowest BCUT2D eigenvalue weighted by Crippen LogP contribution is -2.16. The van der Waals surface area contributed by atoms with Crippen LogP contribution in [0, 0.1) is 6.92 Å². The van der Waals surface area contributed by atoms with Gasteiger partial charge in [-0.3, -0.25) is 0 Å². The van der Waals surface area contributed by atoms with Crippen LogP contribution in [-0.2, 0) is 13.2 Å². The molecule has 1 heterocycles. The van der Waals surface area contributed by atoms with Gasteiger partial charge < -0.3 is 14.8 Å². The van der Waals surface area contributed by atoms with Gasteiger partial charge in [0, 0.05) is 17.9 Å². The summed E-state index contributed by atoms with van der Waals surface area (Å²) in [6.07, 6.45) is 0.983. The van der Waals surface area contributed by atoms with Gasteiger partial charge >= 0.3 is 0 Å². The minimum Gasteiger partial charge on any atom is -0.490 e. The fourth-order valence-corrected chi connectivity index (χ4v) is 4.39. The molecule has 190 valence electrons. The standard InChI is InChI=1S/C27H31N5O2S.ClH/c1-3-33-25-12-7-9-23(26(25)34-20-22-15-13-21(2)14-16-22)19-28-17-8-18-35-27-29-30-31-32(27)24-10-5-4-6-11-24;/h4-7,9-16,28H,3,8,17-20H2,1-2H3;1H.